The van der Waals surface area contributed by atoms with E-state index in [9.17, 15) is 4.79 Å². The number of anilines is 1. The molecule has 0 fully saturated rings. The van der Waals surface area contributed by atoms with E-state index in [1.807, 2.05) is 75.5 Å². The minimum atomic E-state index is -0.527. The Kier molecular flexibility index (Phi) is 7.77. The van der Waals surface area contributed by atoms with E-state index in [1.54, 1.807) is 7.05 Å². The summed E-state index contributed by atoms with van der Waals surface area (Å²) in [7, 11) is 1.76. The number of nitrogens with two attached hydrogens (primary N) is 1. The highest BCUT2D eigenvalue weighted by molar-refractivity contribution is 6.02. The number of carbonyl (C=O) groups is 1. The number of aliphatic imine (C=N–C) groups is 1. The Bertz CT molecular complexity index is 1370. The third kappa shape index (κ3) is 6.28. The Morgan fingerprint density at radius 1 is 0.919 bits per heavy atom. The number of benzene rings is 3. The zero-order chi connectivity index (χ0) is 26.4. The monoisotopic (exact) mass is 494 g/mol. The Labute approximate surface area is 218 Å². The van der Waals surface area contributed by atoms with Crippen molar-refractivity contribution in [3.05, 3.63) is 102 Å². The fourth-order valence-corrected chi connectivity index (χ4v) is 4.31. The van der Waals surface area contributed by atoms with Gasteiger partial charge in [0.05, 0.1) is 5.69 Å². The van der Waals surface area contributed by atoms with Crippen molar-refractivity contribution in [3.8, 4) is 22.4 Å². The summed E-state index contributed by atoms with van der Waals surface area (Å²) in [6.07, 6.45) is 1.41. The second-order valence-electron chi connectivity index (χ2n) is 9.90. The summed E-state index contributed by atoms with van der Waals surface area (Å²) in [4.78, 5) is 16.3. The molecule has 0 aliphatic rings. The maximum absolute atomic E-state index is 12.0. The molecular weight excluding hydrogens is 460 g/mol. The molecule has 0 radical (unpaired) electrons. The average molecular weight is 495 g/mol. The van der Waals surface area contributed by atoms with Gasteiger partial charge in [0.2, 0.25) is 0 Å². The first-order chi connectivity index (χ1) is 17.8. The highest BCUT2D eigenvalue weighted by Crippen LogP contribution is 2.40. The minimum Gasteiger partial charge on any atom is -0.444 e. The van der Waals surface area contributed by atoms with E-state index in [2.05, 4.69) is 51.3 Å². The summed E-state index contributed by atoms with van der Waals surface area (Å²) in [5, 5.41) is 2.81. The Morgan fingerprint density at radius 3 is 2.05 bits per heavy atom. The largest absolute Gasteiger partial charge is 0.444 e. The lowest BCUT2D eigenvalue weighted by atomic mass is 9.98. The van der Waals surface area contributed by atoms with Crippen LogP contribution in [-0.4, -0.2) is 29.5 Å². The van der Waals surface area contributed by atoms with E-state index in [1.165, 1.54) is 0 Å². The van der Waals surface area contributed by atoms with Crippen molar-refractivity contribution >= 4 is 18.1 Å². The summed E-state index contributed by atoms with van der Waals surface area (Å²) in [5.41, 5.74) is 13.5. The van der Waals surface area contributed by atoms with Crippen molar-refractivity contribution in [2.45, 2.75) is 39.5 Å². The van der Waals surface area contributed by atoms with E-state index in [0.29, 0.717) is 18.9 Å². The van der Waals surface area contributed by atoms with Crippen LogP contribution in [0.3, 0.4) is 0 Å². The number of ether oxygens (including phenoxy) is 1. The van der Waals surface area contributed by atoms with Crippen LogP contribution in [0.1, 0.15) is 37.5 Å². The van der Waals surface area contributed by atoms with E-state index in [-0.39, 0.29) is 0 Å². The van der Waals surface area contributed by atoms with Crippen LogP contribution >= 0.6 is 0 Å². The smallest absolute Gasteiger partial charge is 0.407 e. The molecule has 3 aromatic carbocycles. The second kappa shape index (κ2) is 11.2. The van der Waals surface area contributed by atoms with Crippen molar-refractivity contribution in [3.63, 3.8) is 0 Å². The fourth-order valence-electron chi connectivity index (χ4n) is 4.31. The number of aromatic nitrogens is 1. The molecule has 0 saturated carbocycles. The molecule has 3 N–H and O–H groups in total. The molecule has 190 valence electrons. The molecule has 0 aliphatic carbocycles. The van der Waals surface area contributed by atoms with Gasteiger partial charge in [-0.05, 0) is 43.0 Å². The van der Waals surface area contributed by atoms with E-state index in [4.69, 9.17) is 10.5 Å². The van der Waals surface area contributed by atoms with Gasteiger partial charge in [-0.15, -0.1) is 0 Å². The molecule has 4 aromatic rings. The van der Waals surface area contributed by atoms with Crippen LogP contribution in [-0.2, 0) is 17.8 Å². The van der Waals surface area contributed by atoms with E-state index >= 15 is 0 Å². The Balaban J connectivity index is 1.68. The van der Waals surface area contributed by atoms with Crippen LogP contribution in [0.15, 0.2) is 89.9 Å². The fraction of sp³-hybridized carbons (Fsp3) is 0.226. The quantitative estimate of drug-likeness (QED) is 0.287. The van der Waals surface area contributed by atoms with Crippen molar-refractivity contribution in [1.82, 2.24) is 9.88 Å². The van der Waals surface area contributed by atoms with Gasteiger partial charge in [0.25, 0.3) is 0 Å². The zero-order valence-electron chi connectivity index (χ0n) is 21.9. The topological polar surface area (TPSA) is 81.6 Å². The number of nitrogens with zero attached hydrogens (tertiary/aromatic N) is 2. The maximum Gasteiger partial charge on any atom is 0.407 e. The summed E-state index contributed by atoms with van der Waals surface area (Å²) in [6.45, 7) is 6.52. The van der Waals surface area contributed by atoms with Gasteiger partial charge in [0, 0.05) is 37.5 Å². The molecule has 0 bridgehead atoms. The van der Waals surface area contributed by atoms with Gasteiger partial charge in [-0.1, -0.05) is 84.9 Å². The van der Waals surface area contributed by atoms with Gasteiger partial charge in [-0.3, -0.25) is 4.99 Å². The third-order valence-corrected chi connectivity index (χ3v) is 5.91. The number of hydrogen-bond donors (Lipinski definition) is 2. The molecule has 6 nitrogen and oxygen atoms in total. The molecule has 1 amide bonds. The Morgan fingerprint density at radius 2 is 1.49 bits per heavy atom. The molecular formula is C31H34N4O2. The van der Waals surface area contributed by atoms with E-state index in [0.717, 1.165) is 39.1 Å². The molecule has 37 heavy (non-hydrogen) atoms. The average Bonchev–Trinajstić information content (AvgIpc) is 3.15. The highest BCUT2D eigenvalue weighted by atomic mass is 16.6. The van der Waals surface area contributed by atoms with Gasteiger partial charge in [0.15, 0.2) is 0 Å². The first kappa shape index (κ1) is 25.8. The van der Waals surface area contributed by atoms with Crippen molar-refractivity contribution in [2.24, 2.45) is 4.99 Å². The molecule has 1 aromatic heterocycles. The van der Waals surface area contributed by atoms with Gasteiger partial charge in [-0.2, -0.15) is 0 Å². The van der Waals surface area contributed by atoms with Crippen LogP contribution in [0.5, 0.6) is 0 Å². The van der Waals surface area contributed by atoms with Crippen LogP contribution in [0.25, 0.3) is 22.4 Å². The predicted octanol–water partition coefficient (Wildman–Crippen LogP) is 6.53. The Hall–Kier alpha value is -4.32. The highest BCUT2D eigenvalue weighted by Gasteiger charge is 2.23. The number of carbonyl (C=O) groups excluding carboxylic acids is 1. The van der Waals surface area contributed by atoms with Crippen molar-refractivity contribution in [2.75, 3.05) is 12.8 Å². The van der Waals surface area contributed by atoms with Gasteiger partial charge in [0.1, 0.15) is 11.4 Å². The first-order valence-corrected chi connectivity index (χ1v) is 12.4. The molecule has 0 unspecified atom stereocenters. The molecule has 6 heteroatoms. The van der Waals surface area contributed by atoms with Crippen LogP contribution in [0.2, 0.25) is 0 Å². The first-order valence-electron chi connectivity index (χ1n) is 12.4. The normalized spacial score (nSPS) is 11.6. The molecule has 0 saturated heterocycles. The number of nitrogens with one attached hydrogen (secondary N) is 1. The molecule has 1 heterocycles. The molecule has 0 aliphatic heterocycles. The lowest BCUT2D eigenvalue weighted by Crippen LogP contribution is -2.32. The van der Waals surface area contributed by atoms with E-state index < -0.39 is 11.7 Å². The number of rotatable bonds is 7. The van der Waals surface area contributed by atoms with Crippen molar-refractivity contribution < 1.29 is 9.53 Å². The van der Waals surface area contributed by atoms with Crippen LogP contribution in [0, 0.1) is 0 Å². The molecule has 0 atom stereocenters. The molecule has 0 spiro atoms. The predicted molar refractivity (Wildman–Crippen MR) is 152 cm³/mol. The number of amides is 1. The maximum atomic E-state index is 12.0. The van der Waals surface area contributed by atoms with Crippen LogP contribution in [0.4, 0.5) is 10.6 Å². The number of alkyl carbamates (subject to hydrolysis) is 1. The van der Waals surface area contributed by atoms with Gasteiger partial charge >= 0.3 is 6.09 Å². The number of hydrogen-bond acceptors (Lipinski definition) is 4. The summed E-state index contributed by atoms with van der Waals surface area (Å²) in [5.74, 6) is 0.666. The lowest BCUT2D eigenvalue weighted by Gasteiger charge is -2.19. The molecule has 4 rings (SSSR count). The summed E-state index contributed by atoms with van der Waals surface area (Å²) >= 11 is 0. The SMILES string of the molecule is CN=Cc1c(-c2ccccc2)c(-c2ccccc2)n(Cc2ccc(CNC(=O)OC(C)(C)C)cc2)c1N. The van der Waals surface area contributed by atoms with Crippen LogP contribution < -0.4 is 11.1 Å². The third-order valence-electron chi connectivity index (χ3n) is 5.91. The minimum absolute atomic E-state index is 0.394. The van der Waals surface area contributed by atoms with Crippen molar-refractivity contribution in [1.29, 1.82) is 0 Å². The standard InChI is InChI=1S/C31H34N4O2/c1-31(2,3)37-30(36)34-19-22-15-17-23(18-16-22)21-35-28(25-13-9-6-10-14-25)27(24-11-7-5-8-12-24)26(20-33-4)29(35)32/h5-18,20H,19,21,32H2,1-4H3,(H,34,36). The zero-order valence-corrected chi connectivity index (χ0v) is 21.9. The number of nitrogen functional groups attached to an aromatic ring is 1. The summed E-state index contributed by atoms with van der Waals surface area (Å²) < 4.78 is 7.48. The summed E-state index contributed by atoms with van der Waals surface area (Å²) in [6, 6.07) is 28.8. The van der Waals surface area contributed by atoms with Gasteiger partial charge in [-0.25, -0.2) is 4.79 Å². The lowest BCUT2D eigenvalue weighted by molar-refractivity contribution is 0.0523. The van der Waals surface area contributed by atoms with Gasteiger partial charge < -0.3 is 20.4 Å². The second-order valence-corrected chi connectivity index (χ2v) is 9.90.